The van der Waals surface area contributed by atoms with E-state index in [1.807, 2.05) is 0 Å². The smallest absolute Gasteiger partial charge is 0.317 e. The van der Waals surface area contributed by atoms with Gasteiger partial charge in [-0.2, -0.15) is 0 Å². The van der Waals surface area contributed by atoms with Gasteiger partial charge >= 0.3 is 5.97 Å². The third-order valence-electron chi connectivity index (χ3n) is 2.05. The Labute approximate surface area is 113 Å². The number of ether oxygens (including phenoxy) is 1. The first-order chi connectivity index (χ1) is 7.86. The van der Waals surface area contributed by atoms with Crippen LogP contribution in [-0.4, -0.2) is 36.3 Å². The minimum Gasteiger partial charge on any atom is -0.497 e. The van der Waals surface area contributed by atoms with Crippen LogP contribution < -0.4 is 4.74 Å². The van der Waals surface area contributed by atoms with Crippen LogP contribution in [0.1, 0.15) is 0 Å². The first kappa shape index (κ1) is 14.2. The molecule has 0 radical (unpaired) electrons. The van der Waals surface area contributed by atoms with Crippen LogP contribution in [0.3, 0.4) is 0 Å². The standard InChI is InChI=1S/C10H11IO5S/c1-16-7-2-4-8(5-3-7)17(14,15)6-9(11)10(12)13/h2-5,9H,6H2,1H3,(H,12,13). The number of hydrogen-bond acceptors (Lipinski definition) is 4. The monoisotopic (exact) mass is 370 g/mol. The van der Waals surface area contributed by atoms with Gasteiger partial charge in [-0.3, -0.25) is 4.79 Å². The first-order valence-electron chi connectivity index (χ1n) is 4.60. The zero-order valence-electron chi connectivity index (χ0n) is 8.96. The summed E-state index contributed by atoms with van der Waals surface area (Å²) in [6.07, 6.45) is 0. The summed E-state index contributed by atoms with van der Waals surface area (Å²) in [5, 5.41) is 8.68. The highest BCUT2D eigenvalue weighted by Crippen LogP contribution is 2.18. The van der Waals surface area contributed by atoms with Crippen LogP contribution in [0.25, 0.3) is 0 Å². The Kier molecular flexibility index (Phi) is 4.75. The van der Waals surface area contributed by atoms with E-state index in [2.05, 4.69) is 0 Å². The third-order valence-corrected chi connectivity index (χ3v) is 5.39. The summed E-state index contributed by atoms with van der Waals surface area (Å²) in [5.41, 5.74) is 0. The lowest BCUT2D eigenvalue weighted by Crippen LogP contribution is -2.23. The van der Waals surface area contributed by atoms with Gasteiger partial charge in [0, 0.05) is 0 Å². The molecule has 0 spiro atoms. The van der Waals surface area contributed by atoms with Gasteiger partial charge in [0.1, 0.15) is 9.67 Å². The highest BCUT2D eigenvalue weighted by molar-refractivity contribution is 14.1. The highest BCUT2D eigenvalue weighted by Gasteiger charge is 2.24. The summed E-state index contributed by atoms with van der Waals surface area (Å²) in [6, 6.07) is 5.85. The molecule has 0 saturated heterocycles. The molecule has 94 valence electrons. The Morgan fingerprint density at radius 1 is 1.41 bits per heavy atom. The summed E-state index contributed by atoms with van der Waals surface area (Å²) in [5.74, 6) is -1.01. The van der Waals surface area contributed by atoms with Crippen LogP contribution >= 0.6 is 22.6 Å². The van der Waals surface area contributed by atoms with Gasteiger partial charge in [-0.15, -0.1) is 0 Å². The van der Waals surface area contributed by atoms with Gasteiger partial charge in [0.2, 0.25) is 0 Å². The van der Waals surface area contributed by atoms with E-state index in [1.54, 1.807) is 22.6 Å². The van der Waals surface area contributed by atoms with Crippen molar-refractivity contribution < 1.29 is 23.1 Å². The maximum Gasteiger partial charge on any atom is 0.317 e. The van der Waals surface area contributed by atoms with Crippen molar-refractivity contribution in [1.29, 1.82) is 0 Å². The summed E-state index contributed by atoms with van der Waals surface area (Å²) in [6.45, 7) is 0. The van der Waals surface area contributed by atoms with Gasteiger partial charge in [-0.1, -0.05) is 22.6 Å². The minimum absolute atomic E-state index is 0.0983. The fourth-order valence-electron chi connectivity index (χ4n) is 1.14. The lowest BCUT2D eigenvalue weighted by molar-refractivity contribution is -0.135. The zero-order valence-corrected chi connectivity index (χ0v) is 11.9. The van der Waals surface area contributed by atoms with Crippen molar-refractivity contribution in [2.45, 2.75) is 8.82 Å². The second-order valence-corrected chi connectivity index (χ2v) is 6.80. The maximum absolute atomic E-state index is 11.8. The molecule has 17 heavy (non-hydrogen) atoms. The predicted octanol–water partition coefficient (Wildman–Crippen LogP) is 1.36. The number of methoxy groups -OCH3 is 1. The normalized spacial score (nSPS) is 13.1. The van der Waals surface area contributed by atoms with E-state index in [4.69, 9.17) is 9.84 Å². The number of alkyl halides is 1. The SMILES string of the molecule is COc1ccc(S(=O)(=O)CC(I)C(=O)O)cc1. The number of hydrogen-bond donors (Lipinski definition) is 1. The number of carboxylic acids is 1. The van der Waals surface area contributed by atoms with Gasteiger partial charge < -0.3 is 9.84 Å². The number of aliphatic carboxylic acids is 1. The second-order valence-electron chi connectivity index (χ2n) is 3.26. The molecular weight excluding hydrogens is 359 g/mol. The van der Waals surface area contributed by atoms with E-state index in [0.717, 1.165) is 0 Å². The molecule has 7 heteroatoms. The molecule has 0 heterocycles. The summed E-state index contributed by atoms with van der Waals surface area (Å²) in [4.78, 5) is 10.7. The fourth-order valence-corrected chi connectivity index (χ4v) is 3.83. The quantitative estimate of drug-likeness (QED) is 0.625. The van der Waals surface area contributed by atoms with Gasteiger partial charge in [-0.25, -0.2) is 8.42 Å². The molecule has 1 N–H and O–H groups in total. The van der Waals surface area contributed by atoms with Crippen LogP contribution in [0, 0.1) is 0 Å². The number of sulfone groups is 1. The van der Waals surface area contributed by atoms with E-state index in [9.17, 15) is 13.2 Å². The second kappa shape index (κ2) is 5.67. The van der Waals surface area contributed by atoms with Crippen molar-refractivity contribution in [3.8, 4) is 5.75 Å². The third kappa shape index (κ3) is 3.84. The molecule has 5 nitrogen and oxygen atoms in total. The molecule has 0 amide bonds. The van der Waals surface area contributed by atoms with Crippen LogP contribution in [0.4, 0.5) is 0 Å². The average Bonchev–Trinajstić information content (AvgIpc) is 2.28. The summed E-state index contributed by atoms with van der Waals surface area (Å²) >= 11 is 1.59. The fraction of sp³-hybridized carbons (Fsp3) is 0.300. The van der Waals surface area contributed by atoms with E-state index in [-0.39, 0.29) is 4.90 Å². The molecule has 1 atom stereocenters. The van der Waals surface area contributed by atoms with E-state index >= 15 is 0 Å². The number of carbonyl (C=O) groups is 1. The lowest BCUT2D eigenvalue weighted by atomic mass is 10.3. The van der Waals surface area contributed by atoms with E-state index in [1.165, 1.54) is 31.4 Å². The van der Waals surface area contributed by atoms with Crippen molar-refractivity contribution in [2.75, 3.05) is 12.9 Å². The van der Waals surface area contributed by atoms with E-state index < -0.39 is 25.5 Å². The molecule has 0 fully saturated rings. The number of rotatable bonds is 5. The molecule has 0 aliphatic carbocycles. The Hall–Kier alpha value is -0.830. The Bertz CT molecular complexity index is 494. The van der Waals surface area contributed by atoms with Gasteiger partial charge in [0.25, 0.3) is 0 Å². The summed E-state index contributed by atoms with van der Waals surface area (Å²) < 4.78 is 27.6. The van der Waals surface area contributed by atoms with Crippen molar-refractivity contribution >= 4 is 38.4 Å². The molecule has 0 bridgehead atoms. The topological polar surface area (TPSA) is 80.7 Å². The predicted molar refractivity (Wildman–Crippen MR) is 70.5 cm³/mol. The Morgan fingerprint density at radius 3 is 2.35 bits per heavy atom. The van der Waals surface area contributed by atoms with E-state index in [0.29, 0.717) is 5.75 Å². The average molecular weight is 370 g/mol. The van der Waals surface area contributed by atoms with Crippen molar-refractivity contribution in [3.63, 3.8) is 0 Å². The summed E-state index contributed by atoms with van der Waals surface area (Å²) in [7, 11) is -2.09. The molecule has 0 aromatic heterocycles. The Balaban J connectivity index is 2.93. The van der Waals surface area contributed by atoms with Crippen LogP contribution in [0.15, 0.2) is 29.2 Å². The van der Waals surface area contributed by atoms with Crippen LogP contribution in [0.2, 0.25) is 0 Å². The molecular formula is C10H11IO5S. The lowest BCUT2D eigenvalue weighted by Gasteiger charge is -2.07. The molecule has 1 aromatic rings. The van der Waals surface area contributed by atoms with Crippen molar-refractivity contribution in [3.05, 3.63) is 24.3 Å². The van der Waals surface area contributed by atoms with Gasteiger partial charge in [0.15, 0.2) is 9.84 Å². The molecule has 1 unspecified atom stereocenters. The zero-order chi connectivity index (χ0) is 13.1. The van der Waals surface area contributed by atoms with Crippen LogP contribution in [-0.2, 0) is 14.6 Å². The minimum atomic E-state index is -3.57. The highest BCUT2D eigenvalue weighted by atomic mass is 127. The maximum atomic E-state index is 11.8. The van der Waals surface area contributed by atoms with Crippen molar-refractivity contribution in [1.82, 2.24) is 0 Å². The van der Waals surface area contributed by atoms with Gasteiger partial charge in [0.05, 0.1) is 17.8 Å². The number of carboxylic acid groups (broad SMARTS) is 1. The van der Waals surface area contributed by atoms with Crippen LogP contribution in [0.5, 0.6) is 5.75 Å². The largest absolute Gasteiger partial charge is 0.497 e. The number of benzene rings is 1. The number of halogens is 1. The van der Waals surface area contributed by atoms with Gasteiger partial charge in [-0.05, 0) is 24.3 Å². The van der Waals surface area contributed by atoms with Crippen molar-refractivity contribution in [2.24, 2.45) is 0 Å². The Morgan fingerprint density at radius 2 is 1.94 bits per heavy atom. The molecule has 1 aromatic carbocycles. The first-order valence-corrected chi connectivity index (χ1v) is 7.50. The molecule has 1 rings (SSSR count). The molecule has 0 saturated carbocycles. The molecule has 0 aliphatic heterocycles. The molecule has 0 aliphatic rings.